The van der Waals surface area contributed by atoms with Gasteiger partial charge in [0.2, 0.25) is 5.75 Å². The first-order valence-electron chi connectivity index (χ1n) is 10.2. The molecule has 2 aromatic carbocycles. The summed E-state index contributed by atoms with van der Waals surface area (Å²) in [5.41, 5.74) is 2.70. The largest absolute Gasteiger partial charge is 0.493 e. The molecule has 6 nitrogen and oxygen atoms in total. The third-order valence-corrected chi connectivity index (χ3v) is 6.03. The van der Waals surface area contributed by atoms with Gasteiger partial charge in [0.1, 0.15) is 0 Å². The van der Waals surface area contributed by atoms with Crippen LogP contribution in [0.1, 0.15) is 35.7 Å². The third-order valence-electron chi connectivity index (χ3n) is 4.99. The standard InChI is InChI=1S/C24H28N2O4S/c1-6-8-9-16-10-11-18-21(13-16)31-24(26(18)12-7-2)25-23(27)17-14-19(28-3)22(30-5)20(15-17)29-4/h7,10-11,13-15H,2,6,8-9,12H2,1,3-5H3. The number of hydrogen-bond acceptors (Lipinski definition) is 5. The van der Waals surface area contributed by atoms with E-state index in [0.717, 1.165) is 29.5 Å². The van der Waals surface area contributed by atoms with Crippen LogP contribution in [0, 0.1) is 0 Å². The van der Waals surface area contributed by atoms with Crippen molar-refractivity contribution < 1.29 is 19.0 Å². The van der Waals surface area contributed by atoms with Crippen molar-refractivity contribution in [3.63, 3.8) is 0 Å². The van der Waals surface area contributed by atoms with Crippen molar-refractivity contribution in [2.75, 3.05) is 21.3 Å². The molecule has 31 heavy (non-hydrogen) atoms. The van der Waals surface area contributed by atoms with Gasteiger partial charge in [-0.25, -0.2) is 0 Å². The highest BCUT2D eigenvalue weighted by Gasteiger charge is 2.17. The number of carbonyl (C=O) groups is 1. The molecule has 0 fully saturated rings. The predicted octanol–water partition coefficient (Wildman–Crippen LogP) is 5.00. The van der Waals surface area contributed by atoms with E-state index in [9.17, 15) is 4.79 Å². The summed E-state index contributed by atoms with van der Waals surface area (Å²) in [5.74, 6) is 0.882. The summed E-state index contributed by atoms with van der Waals surface area (Å²) in [6.45, 7) is 6.61. The van der Waals surface area contributed by atoms with Crippen LogP contribution >= 0.6 is 11.3 Å². The number of nitrogens with zero attached hydrogens (tertiary/aromatic N) is 2. The maximum atomic E-state index is 13.0. The maximum absolute atomic E-state index is 13.0. The topological polar surface area (TPSA) is 62.1 Å². The molecule has 0 radical (unpaired) electrons. The molecule has 0 aliphatic heterocycles. The van der Waals surface area contributed by atoms with Gasteiger partial charge in [-0.1, -0.05) is 36.8 Å². The average Bonchev–Trinajstić information content (AvgIpc) is 3.12. The molecule has 0 N–H and O–H groups in total. The molecular formula is C24H28N2O4S. The Morgan fingerprint density at radius 1 is 1.13 bits per heavy atom. The number of carbonyl (C=O) groups excluding carboxylic acids is 1. The van der Waals surface area contributed by atoms with Crippen LogP contribution in [0.15, 0.2) is 48.0 Å². The van der Waals surface area contributed by atoms with Gasteiger partial charge in [-0.3, -0.25) is 4.79 Å². The normalized spacial score (nSPS) is 11.5. The lowest BCUT2D eigenvalue weighted by Crippen LogP contribution is -2.16. The Kier molecular flexibility index (Phi) is 7.52. The molecule has 0 saturated carbocycles. The lowest BCUT2D eigenvalue weighted by Gasteiger charge is -2.12. The molecule has 0 atom stereocenters. The molecule has 0 aliphatic rings. The first-order valence-corrected chi connectivity index (χ1v) is 11.0. The lowest BCUT2D eigenvalue weighted by atomic mass is 10.1. The molecule has 0 aliphatic carbocycles. The van der Waals surface area contributed by atoms with Crippen molar-refractivity contribution in [1.82, 2.24) is 4.57 Å². The quantitative estimate of drug-likeness (QED) is 0.440. The number of ether oxygens (including phenoxy) is 3. The highest BCUT2D eigenvalue weighted by Crippen LogP contribution is 2.38. The van der Waals surface area contributed by atoms with Crippen LogP contribution in [0.4, 0.5) is 0 Å². The number of hydrogen-bond donors (Lipinski definition) is 0. The zero-order chi connectivity index (χ0) is 22.4. The van der Waals surface area contributed by atoms with Crippen LogP contribution in [0.2, 0.25) is 0 Å². The van der Waals surface area contributed by atoms with Crippen molar-refractivity contribution in [2.45, 2.75) is 32.7 Å². The number of allylic oxidation sites excluding steroid dienone is 1. The van der Waals surface area contributed by atoms with Gasteiger partial charge in [0.05, 0.1) is 31.5 Å². The van der Waals surface area contributed by atoms with E-state index in [1.165, 1.54) is 38.2 Å². The summed E-state index contributed by atoms with van der Waals surface area (Å²) in [6.07, 6.45) is 5.16. The Bertz CT molecular complexity index is 1140. The Balaban J connectivity index is 2.09. The van der Waals surface area contributed by atoms with Gasteiger partial charge in [0.15, 0.2) is 16.3 Å². The van der Waals surface area contributed by atoms with E-state index in [2.05, 4.69) is 36.7 Å². The Hall–Kier alpha value is -3.06. The number of unbranched alkanes of at least 4 members (excludes halogenated alkanes) is 1. The molecule has 1 amide bonds. The average molecular weight is 441 g/mol. The van der Waals surface area contributed by atoms with E-state index in [1.807, 2.05) is 4.57 Å². The zero-order valence-corrected chi connectivity index (χ0v) is 19.3. The van der Waals surface area contributed by atoms with Gasteiger partial charge in [0.25, 0.3) is 5.91 Å². The van der Waals surface area contributed by atoms with E-state index in [4.69, 9.17) is 14.2 Å². The molecule has 3 rings (SSSR count). The maximum Gasteiger partial charge on any atom is 0.279 e. The number of amides is 1. The van der Waals surface area contributed by atoms with Gasteiger partial charge in [-0.15, -0.1) is 6.58 Å². The summed E-state index contributed by atoms with van der Waals surface area (Å²) in [5, 5.41) is 0. The van der Waals surface area contributed by atoms with Crippen molar-refractivity contribution in [2.24, 2.45) is 4.99 Å². The number of benzene rings is 2. The third kappa shape index (κ3) is 4.82. The van der Waals surface area contributed by atoms with Crippen molar-refractivity contribution >= 4 is 27.5 Å². The highest BCUT2D eigenvalue weighted by molar-refractivity contribution is 7.16. The minimum atomic E-state index is -0.380. The monoisotopic (exact) mass is 440 g/mol. The number of aromatic nitrogens is 1. The second-order valence-corrected chi connectivity index (χ2v) is 8.03. The number of thiazole rings is 1. The summed E-state index contributed by atoms with van der Waals surface area (Å²) in [6, 6.07) is 9.67. The van der Waals surface area contributed by atoms with Crippen molar-refractivity contribution in [3.8, 4) is 17.2 Å². The lowest BCUT2D eigenvalue weighted by molar-refractivity contribution is 0.0997. The van der Waals surface area contributed by atoms with Gasteiger partial charge in [-0.2, -0.15) is 4.99 Å². The molecule has 7 heteroatoms. The molecule has 3 aromatic rings. The Labute approximate surface area is 186 Å². The first kappa shape index (κ1) is 22.6. The van der Waals surface area contributed by atoms with E-state index in [1.54, 1.807) is 18.2 Å². The van der Waals surface area contributed by atoms with Gasteiger partial charge in [0, 0.05) is 12.1 Å². The molecule has 0 spiro atoms. The SMILES string of the molecule is C=CCn1c(=NC(=O)c2cc(OC)c(OC)c(OC)c2)sc2cc(CCCC)ccc21. The minimum Gasteiger partial charge on any atom is -0.493 e. The van der Waals surface area contributed by atoms with E-state index >= 15 is 0 Å². The Morgan fingerprint density at radius 2 is 1.84 bits per heavy atom. The second-order valence-electron chi connectivity index (χ2n) is 7.02. The highest BCUT2D eigenvalue weighted by atomic mass is 32.1. The van der Waals surface area contributed by atoms with Crippen LogP contribution in [0.3, 0.4) is 0 Å². The number of aryl methyl sites for hydroxylation is 1. The fraction of sp³-hybridized carbons (Fsp3) is 0.333. The van der Waals surface area contributed by atoms with Gasteiger partial charge < -0.3 is 18.8 Å². The molecule has 0 saturated heterocycles. The van der Waals surface area contributed by atoms with Crippen molar-refractivity contribution in [3.05, 3.63) is 58.9 Å². The van der Waals surface area contributed by atoms with E-state index in [-0.39, 0.29) is 5.91 Å². The summed E-state index contributed by atoms with van der Waals surface area (Å²) >= 11 is 1.50. The molecular weight excluding hydrogens is 412 g/mol. The number of fused-ring (bicyclic) bond motifs is 1. The summed E-state index contributed by atoms with van der Waals surface area (Å²) in [4.78, 5) is 18.1. The predicted molar refractivity (Wildman–Crippen MR) is 125 cm³/mol. The van der Waals surface area contributed by atoms with Crippen molar-refractivity contribution in [1.29, 1.82) is 0 Å². The summed E-state index contributed by atoms with van der Waals surface area (Å²) < 4.78 is 19.2. The number of rotatable bonds is 9. The van der Waals surface area contributed by atoms with Crippen LogP contribution < -0.4 is 19.0 Å². The van der Waals surface area contributed by atoms with Crippen LogP contribution in [-0.4, -0.2) is 31.8 Å². The smallest absolute Gasteiger partial charge is 0.279 e. The molecule has 1 aromatic heterocycles. The van der Waals surface area contributed by atoms with Gasteiger partial charge >= 0.3 is 0 Å². The first-order chi connectivity index (χ1) is 15.1. The number of methoxy groups -OCH3 is 3. The van der Waals surface area contributed by atoms with Crippen LogP contribution in [-0.2, 0) is 13.0 Å². The van der Waals surface area contributed by atoms with Crippen LogP contribution in [0.5, 0.6) is 17.2 Å². The zero-order valence-electron chi connectivity index (χ0n) is 18.4. The molecule has 0 bridgehead atoms. The van der Waals surface area contributed by atoms with E-state index in [0.29, 0.717) is 34.2 Å². The fourth-order valence-electron chi connectivity index (χ4n) is 3.40. The molecule has 1 heterocycles. The summed E-state index contributed by atoms with van der Waals surface area (Å²) in [7, 11) is 4.56. The Morgan fingerprint density at radius 3 is 2.42 bits per heavy atom. The molecule has 0 unspecified atom stereocenters. The molecule has 164 valence electrons. The van der Waals surface area contributed by atoms with E-state index < -0.39 is 0 Å². The van der Waals surface area contributed by atoms with Gasteiger partial charge in [-0.05, 0) is 42.7 Å². The minimum absolute atomic E-state index is 0.362. The fourth-order valence-corrected chi connectivity index (χ4v) is 4.50. The second kappa shape index (κ2) is 10.3. The van der Waals surface area contributed by atoms with Crippen LogP contribution in [0.25, 0.3) is 10.2 Å².